The Kier molecular flexibility index (Phi) is 1.47. The lowest BCUT2D eigenvalue weighted by atomic mass is 10.0. The summed E-state index contributed by atoms with van der Waals surface area (Å²) in [5, 5.41) is 18.5. The van der Waals surface area contributed by atoms with E-state index in [0.717, 1.165) is 0 Å². The van der Waals surface area contributed by atoms with Gasteiger partial charge in [0.05, 0.1) is 19.3 Å². The van der Waals surface area contributed by atoms with Gasteiger partial charge >= 0.3 is 0 Å². The highest BCUT2D eigenvalue weighted by Crippen LogP contribution is 2.39. The Hall–Kier alpha value is -0.160. The van der Waals surface area contributed by atoms with E-state index in [-0.39, 0.29) is 18.8 Å². The Bertz CT molecular complexity index is 172. The van der Waals surface area contributed by atoms with Gasteiger partial charge in [-0.2, -0.15) is 0 Å². The summed E-state index contributed by atoms with van der Waals surface area (Å²) in [5.74, 6) is 0. The fourth-order valence-electron chi connectivity index (χ4n) is 1.82. The van der Waals surface area contributed by atoms with Gasteiger partial charge in [-0.1, -0.05) is 0 Å². The largest absolute Gasteiger partial charge is 0.393 e. The molecule has 2 fully saturated rings. The van der Waals surface area contributed by atoms with Gasteiger partial charge in [-0.3, -0.25) is 0 Å². The van der Waals surface area contributed by atoms with E-state index in [2.05, 4.69) is 0 Å². The number of aliphatic hydroxyl groups is 2. The molecule has 0 saturated carbocycles. The monoisotopic (exact) mass is 160 g/mol. The van der Waals surface area contributed by atoms with Crippen LogP contribution in [-0.2, 0) is 9.47 Å². The maximum absolute atomic E-state index is 9.54. The minimum absolute atomic E-state index is 0.106. The maximum atomic E-state index is 9.54. The Morgan fingerprint density at radius 1 is 1.64 bits per heavy atom. The van der Waals surface area contributed by atoms with Crippen LogP contribution < -0.4 is 0 Å². The predicted octanol–water partition coefficient (Wildman–Crippen LogP) is -1.10. The molecule has 0 aromatic carbocycles. The van der Waals surface area contributed by atoms with Crippen LogP contribution in [0.3, 0.4) is 0 Å². The first kappa shape index (κ1) is 7.49. The summed E-state index contributed by atoms with van der Waals surface area (Å²) in [4.78, 5) is 0. The molecule has 2 bridgehead atoms. The van der Waals surface area contributed by atoms with Crippen molar-refractivity contribution in [3.63, 3.8) is 0 Å². The molecule has 11 heavy (non-hydrogen) atoms. The molecule has 0 aromatic rings. The zero-order valence-corrected chi connectivity index (χ0v) is 6.36. The SMILES string of the molecule is C[C@H]1O[C@@]2(CO)COC1[C@H]2O. The average Bonchev–Trinajstić information content (AvgIpc) is 2.42. The summed E-state index contributed by atoms with van der Waals surface area (Å²) in [6.45, 7) is 1.97. The standard InChI is InChI=1S/C7H12O4/c1-4-5-6(9)7(2-8,11-4)3-10-5/h4-6,8-9H,2-3H2,1H3/t4-,5?,6-,7+/m1/s1. The average molecular weight is 160 g/mol. The molecule has 4 atom stereocenters. The summed E-state index contributed by atoms with van der Waals surface area (Å²) >= 11 is 0. The second-order valence-corrected chi connectivity index (χ2v) is 3.27. The summed E-state index contributed by atoms with van der Waals surface area (Å²) in [5.41, 5.74) is -0.829. The van der Waals surface area contributed by atoms with E-state index >= 15 is 0 Å². The van der Waals surface area contributed by atoms with Gasteiger partial charge in [0.25, 0.3) is 0 Å². The van der Waals surface area contributed by atoms with Gasteiger partial charge in [0.1, 0.15) is 17.8 Å². The zero-order valence-electron chi connectivity index (χ0n) is 6.36. The number of fused-ring (bicyclic) bond motifs is 2. The van der Waals surface area contributed by atoms with Gasteiger partial charge in [0.15, 0.2) is 0 Å². The first-order valence-corrected chi connectivity index (χ1v) is 3.78. The molecule has 2 rings (SSSR count). The summed E-state index contributed by atoms with van der Waals surface area (Å²) in [6.07, 6.45) is -1.02. The van der Waals surface area contributed by atoms with Crippen molar-refractivity contribution in [1.82, 2.24) is 0 Å². The molecular weight excluding hydrogens is 148 g/mol. The van der Waals surface area contributed by atoms with Crippen LogP contribution in [-0.4, -0.2) is 47.3 Å². The molecule has 0 aromatic heterocycles. The number of ether oxygens (including phenoxy) is 2. The Balaban J connectivity index is 2.24. The molecule has 2 aliphatic heterocycles. The third-order valence-electron chi connectivity index (χ3n) is 2.52. The summed E-state index contributed by atoms with van der Waals surface area (Å²) in [7, 11) is 0. The first-order chi connectivity index (χ1) is 5.19. The molecule has 1 unspecified atom stereocenters. The van der Waals surface area contributed by atoms with Crippen LogP contribution in [0, 0.1) is 0 Å². The van der Waals surface area contributed by atoms with Gasteiger partial charge in [-0.15, -0.1) is 0 Å². The van der Waals surface area contributed by atoms with Crippen molar-refractivity contribution >= 4 is 0 Å². The van der Waals surface area contributed by atoms with Gasteiger partial charge in [0, 0.05) is 0 Å². The van der Waals surface area contributed by atoms with Crippen LogP contribution in [0.15, 0.2) is 0 Å². The van der Waals surface area contributed by atoms with Crippen molar-refractivity contribution in [2.75, 3.05) is 13.2 Å². The molecular formula is C7H12O4. The Morgan fingerprint density at radius 2 is 2.36 bits per heavy atom. The van der Waals surface area contributed by atoms with Crippen LogP contribution >= 0.6 is 0 Å². The third kappa shape index (κ3) is 0.780. The smallest absolute Gasteiger partial charge is 0.143 e. The number of aliphatic hydroxyl groups excluding tert-OH is 2. The van der Waals surface area contributed by atoms with E-state index in [1.165, 1.54) is 0 Å². The lowest BCUT2D eigenvalue weighted by Gasteiger charge is -2.26. The van der Waals surface area contributed by atoms with E-state index in [0.29, 0.717) is 6.61 Å². The quantitative estimate of drug-likeness (QED) is 0.511. The van der Waals surface area contributed by atoms with Gasteiger partial charge in [-0.25, -0.2) is 0 Å². The van der Waals surface area contributed by atoms with E-state index in [1.54, 1.807) is 0 Å². The summed E-state index contributed by atoms with van der Waals surface area (Å²) < 4.78 is 10.6. The Morgan fingerprint density at radius 3 is 2.64 bits per heavy atom. The highest BCUT2D eigenvalue weighted by atomic mass is 16.6. The van der Waals surface area contributed by atoms with Gasteiger partial charge in [-0.05, 0) is 6.92 Å². The minimum atomic E-state index is -0.829. The van der Waals surface area contributed by atoms with Crippen molar-refractivity contribution in [3.05, 3.63) is 0 Å². The minimum Gasteiger partial charge on any atom is -0.393 e. The lowest BCUT2D eigenvalue weighted by molar-refractivity contribution is -0.155. The first-order valence-electron chi connectivity index (χ1n) is 3.78. The molecule has 0 radical (unpaired) electrons. The lowest BCUT2D eigenvalue weighted by Crippen LogP contribution is -2.44. The second-order valence-electron chi connectivity index (χ2n) is 3.27. The summed E-state index contributed by atoms with van der Waals surface area (Å²) in [6, 6.07) is 0. The van der Waals surface area contributed by atoms with Crippen LogP contribution in [0.1, 0.15) is 6.92 Å². The predicted molar refractivity (Wildman–Crippen MR) is 36.1 cm³/mol. The molecule has 64 valence electrons. The van der Waals surface area contributed by atoms with E-state index in [9.17, 15) is 5.11 Å². The van der Waals surface area contributed by atoms with Crippen LogP contribution in [0.5, 0.6) is 0 Å². The van der Waals surface area contributed by atoms with Crippen molar-refractivity contribution in [1.29, 1.82) is 0 Å². The van der Waals surface area contributed by atoms with Crippen molar-refractivity contribution in [2.24, 2.45) is 0 Å². The highest BCUT2D eigenvalue weighted by Gasteiger charge is 2.59. The fourth-order valence-corrected chi connectivity index (χ4v) is 1.82. The molecule has 4 nitrogen and oxygen atoms in total. The number of hydrogen-bond acceptors (Lipinski definition) is 4. The fraction of sp³-hybridized carbons (Fsp3) is 1.00. The van der Waals surface area contributed by atoms with Crippen LogP contribution in [0.2, 0.25) is 0 Å². The topological polar surface area (TPSA) is 58.9 Å². The highest BCUT2D eigenvalue weighted by molar-refractivity contribution is 5.06. The Labute approximate surface area is 64.7 Å². The molecule has 0 aliphatic carbocycles. The zero-order chi connectivity index (χ0) is 8.06. The van der Waals surface area contributed by atoms with E-state index < -0.39 is 11.7 Å². The number of rotatable bonds is 1. The van der Waals surface area contributed by atoms with Crippen molar-refractivity contribution in [2.45, 2.75) is 30.8 Å². The van der Waals surface area contributed by atoms with Crippen molar-refractivity contribution in [3.8, 4) is 0 Å². The van der Waals surface area contributed by atoms with Crippen molar-refractivity contribution < 1.29 is 19.7 Å². The molecule has 2 aliphatic rings. The number of hydrogen-bond donors (Lipinski definition) is 2. The molecule has 2 N–H and O–H groups in total. The van der Waals surface area contributed by atoms with Gasteiger partial charge < -0.3 is 19.7 Å². The normalized spacial score (nSPS) is 55.4. The van der Waals surface area contributed by atoms with Crippen LogP contribution in [0.25, 0.3) is 0 Å². The van der Waals surface area contributed by atoms with E-state index in [1.807, 2.05) is 6.92 Å². The second kappa shape index (κ2) is 2.17. The third-order valence-corrected chi connectivity index (χ3v) is 2.52. The van der Waals surface area contributed by atoms with E-state index in [4.69, 9.17) is 14.6 Å². The molecule has 2 heterocycles. The van der Waals surface area contributed by atoms with Gasteiger partial charge in [0.2, 0.25) is 0 Å². The molecule has 2 saturated heterocycles. The van der Waals surface area contributed by atoms with Crippen LogP contribution in [0.4, 0.5) is 0 Å². The molecule has 4 heteroatoms. The molecule has 0 spiro atoms. The maximum Gasteiger partial charge on any atom is 0.143 e. The molecule has 0 amide bonds.